The molecule has 0 heterocycles. The van der Waals surface area contributed by atoms with Crippen LogP contribution in [0, 0.1) is 0 Å². The molecule has 0 rings (SSSR count). The molecule has 0 aromatic heterocycles. The molecule has 0 saturated heterocycles. The lowest BCUT2D eigenvalue weighted by Crippen LogP contribution is -2.30. The Hall–Kier alpha value is -2.66. The van der Waals surface area contributed by atoms with Crippen LogP contribution in [0.25, 0.3) is 0 Å². The Morgan fingerprint density at radius 2 is 0.726 bits per heavy atom. The second-order valence-electron chi connectivity index (χ2n) is 17.4. The van der Waals surface area contributed by atoms with Crippen molar-refractivity contribution in [2.45, 2.75) is 258 Å². The van der Waals surface area contributed by atoms with Gasteiger partial charge in [0.15, 0.2) is 6.10 Å². The molecular weight excluding hydrogens is 765 g/mol. The minimum absolute atomic E-state index is 0.0702. The van der Waals surface area contributed by atoms with Crippen LogP contribution in [0.5, 0.6) is 0 Å². The molecule has 0 aromatic rings. The predicted octanol–water partition coefficient (Wildman–Crippen LogP) is 17.9. The van der Waals surface area contributed by atoms with Gasteiger partial charge < -0.3 is 14.2 Å². The maximum Gasteiger partial charge on any atom is 0.306 e. The lowest BCUT2D eigenvalue weighted by Gasteiger charge is -2.18. The molecule has 0 bridgehead atoms. The number of allylic oxidation sites excluding steroid dienone is 12. The monoisotopic (exact) mass is 865 g/mol. The molecule has 0 fully saturated rings. The highest BCUT2D eigenvalue weighted by molar-refractivity contribution is 5.70. The Kier molecular flexibility index (Phi) is 50.4. The van der Waals surface area contributed by atoms with Crippen LogP contribution in [-0.4, -0.2) is 37.9 Å². The molecule has 62 heavy (non-hydrogen) atoms. The summed E-state index contributed by atoms with van der Waals surface area (Å²) in [5, 5.41) is 0. The molecule has 0 amide bonds. The Labute approximate surface area is 385 Å². The number of hydrogen-bond donors (Lipinski definition) is 0. The molecule has 0 N–H and O–H groups in total. The average molecular weight is 865 g/mol. The Morgan fingerprint density at radius 3 is 1.19 bits per heavy atom. The van der Waals surface area contributed by atoms with Crippen molar-refractivity contribution >= 4 is 11.9 Å². The molecule has 5 heteroatoms. The van der Waals surface area contributed by atoms with Gasteiger partial charge in [0, 0.05) is 19.4 Å². The molecule has 1 unspecified atom stereocenters. The third kappa shape index (κ3) is 50.0. The molecular formula is C57H100O5. The molecule has 5 nitrogen and oxygen atoms in total. The fourth-order valence-corrected chi connectivity index (χ4v) is 7.30. The van der Waals surface area contributed by atoms with Gasteiger partial charge >= 0.3 is 11.9 Å². The van der Waals surface area contributed by atoms with Gasteiger partial charge in [-0.25, -0.2) is 0 Å². The molecule has 1 atom stereocenters. The van der Waals surface area contributed by atoms with E-state index in [1.807, 2.05) is 0 Å². The number of carbonyl (C=O) groups excluding carboxylic acids is 2. The van der Waals surface area contributed by atoms with Gasteiger partial charge in [0.1, 0.15) is 6.61 Å². The SMILES string of the molecule is CC/C=C\C/C=C\C/C=C\C/C=C\CCCCCCCOCC(COC(=O)CCCCCCC/C=C\C/C=C\CCCCC)OC(=O)CCCCCCCCCCCCCCC. The number of carbonyl (C=O) groups is 2. The number of ether oxygens (including phenoxy) is 3. The second kappa shape index (κ2) is 52.7. The van der Waals surface area contributed by atoms with Gasteiger partial charge in [0.05, 0.1) is 6.61 Å². The molecule has 0 aliphatic carbocycles. The lowest BCUT2D eigenvalue weighted by molar-refractivity contribution is -0.163. The van der Waals surface area contributed by atoms with Crippen LogP contribution in [0.3, 0.4) is 0 Å². The molecule has 0 aliphatic heterocycles. The number of hydrogen-bond acceptors (Lipinski definition) is 5. The van der Waals surface area contributed by atoms with Crippen molar-refractivity contribution in [3.05, 3.63) is 72.9 Å². The molecule has 0 aliphatic rings. The van der Waals surface area contributed by atoms with Crippen LogP contribution in [0.2, 0.25) is 0 Å². The summed E-state index contributed by atoms with van der Waals surface area (Å²) in [6, 6.07) is 0. The Bertz CT molecular complexity index is 1110. The smallest absolute Gasteiger partial charge is 0.306 e. The van der Waals surface area contributed by atoms with Crippen molar-refractivity contribution in [2.24, 2.45) is 0 Å². The van der Waals surface area contributed by atoms with Crippen LogP contribution in [0.15, 0.2) is 72.9 Å². The summed E-state index contributed by atoms with van der Waals surface area (Å²) in [6.45, 7) is 7.65. The van der Waals surface area contributed by atoms with E-state index in [0.717, 1.165) is 89.9 Å². The summed E-state index contributed by atoms with van der Waals surface area (Å²) in [5.41, 5.74) is 0. The summed E-state index contributed by atoms with van der Waals surface area (Å²) >= 11 is 0. The second-order valence-corrected chi connectivity index (χ2v) is 17.4. The van der Waals surface area contributed by atoms with Crippen molar-refractivity contribution in [1.82, 2.24) is 0 Å². The summed E-state index contributed by atoms with van der Waals surface area (Å²) in [5.74, 6) is -0.418. The van der Waals surface area contributed by atoms with Crippen molar-refractivity contribution in [3.63, 3.8) is 0 Å². The molecule has 0 radical (unpaired) electrons. The van der Waals surface area contributed by atoms with E-state index >= 15 is 0 Å². The summed E-state index contributed by atoms with van der Waals surface area (Å²) in [4.78, 5) is 25.4. The van der Waals surface area contributed by atoms with E-state index in [-0.39, 0.29) is 25.2 Å². The highest BCUT2D eigenvalue weighted by Crippen LogP contribution is 2.15. The van der Waals surface area contributed by atoms with E-state index in [4.69, 9.17) is 14.2 Å². The van der Waals surface area contributed by atoms with Crippen molar-refractivity contribution < 1.29 is 23.8 Å². The lowest BCUT2D eigenvalue weighted by atomic mass is 10.0. The molecule has 0 spiro atoms. The first-order valence-corrected chi connectivity index (χ1v) is 26.5. The van der Waals surface area contributed by atoms with E-state index in [2.05, 4.69) is 93.7 Å². The van der Waals surface area contributed by atoms with Crippen LogP contribution in [0.1, 0.15) is 252 Å². The van der Waals surface area contributed by atoms with Gasteiger partial charge in [-0.2, -0.15) is 0 Å². The van der Waals surface area contributed by atoms with Gasteiger partial charge in [-0.3, -0.25) is 9.59 Å². The number of unbranched alkanes of at least 4 members (excludes halogenated alkanes) is 25. The Morgan fingerprint density at radius 1 is 0.371 bits per heavy atom. The molecule has 358 valence electrons. The first-order chi connectivity index (χ1) is 30.6. The maximum absolute atomic E-state index is 12.8. The zero-order chi connectivity index (χ0) is 44.9. The Balaban J connectivity index is 4.32. The van der Waals surface area contributed by atoms with Crippen molar-refractivity contribution in [2.75, 3.05) is 19.8 Å². The van der Waals surface area contributed by atoms with E-state index in [0.29, 0.717) is 19.4 Å². The minimum Gasteiger partial charge on any atom is -0.462 e. The highest BCUT2D eigenvalue weighted by atomic mass is 16.6. The van der Waals surface area contributed by atoms with E-state index < -0.39 is 6.10 Å². The van der Waals surface area contributed by atoms with Crippen LogP contribution >= 0.6 is 0 Å². The fourth-order valence-electron chi connectivity index (χ4n) is 7.30. The quantitative estimate of drug-likeness (QED) is 0.0346. The summed E-state index contributed by atoms with van der Waals surface area (Å²) < 4.78 is 17.4. The fraction of sp³-hybridized carbons (Fsp3) is 0.754. The third-order valence-electron chi connectivity index (χ3n) is 11.2. The first-order valence-electron chi connectivity index (χ1n) is 26.5. The minimum atomic E-state index is -0.552. The predicted molar refractivity (Wildman–Crippen MR) is 270 cm³/mol. The topological polar surface area (TPSA) is 61.8 Å². The van der Waals surface area contributed by atoms with Crippen LogP contribution in [-0.2, 0) is 23.8 Å². The summed E-state index contributed by atoms with van der Waals surface area (Å²) in [7, 11) is 0. The van der Waals surface area contributed by atoms with Gasteiger partial charge in [-0.05, 0) is 89.9 Å². The van der Waals surface area contributed by atoms with Crippen molar-refractivity contribution in [3.8, 4) is 0 Å². The zero-order valence-corrected chi connectivity index (χ0v) is 41.1. The number of esters is 2. The maximum atomic E-state index is 12.8. The van der Waals surface area contributed by atoms with Crippen LogP contribution in [0.4, 0.5) is 0 Å². The number of rotatable bonds is 48. The van der Waals surface area contributed by atoms with Gasteiger partial charge in [-0.1, -0.05) is 222 Å². The van der Waals surface area contributed by atoms with E-state index in [1.54, 1.807) is 0 Å². The average Bonchev–Trinajstić information content (AvgIpc) is 3.27. The van der Waals surface area contributed by atoms with Crippen LogP contribution < -0.4 is 0 Å². The van der Waals surface area contributed by atoms with E-state index in [9.17, 15) is 9.59 Å². The van der Waals surface area contributed by atoms with Gasteiger partial charge in [-0.15, -0.1) is 0 Å². The molecule has 0 aromatic carbocycles. The zero-order valence-electron chi connectivity index (χ0n) is 41.1. The first kappa shape index (κ1) is 59.3. The van der Waals surface area contributed by atoms with Gasteiger partial charge in [0.25, 0.3) is 0 Å². The third-order valence-corrected chi connectivity index (χ3v) is 11.2. The summed E-state index contributed by atoms with van der Waals surface area (Å²) in [6.07, 6.45) is 67.6. The largest absolute Gasteiger partial charge is 0.462 e. The van der Waals surface area contributed by atoms with E-state index in [1.165, 1.54) is 128 Å². The highest BCUT2D eigenvalue weighted by Gasteiger charge is 2.17. The van der Waals surface area contributed by atoms with Crippen molar-refractivity contribution in [1.29, 1.82) is 0 Å². The van der Waals surface area contributed by atoms with Gasteiger partial charge in [0.2, 0.25) is 0 Å². The standard InChI is InChI=1S/C57H100O5/c1-4-7-10-13-16-19-22-25-27-28-29-31-34-37-40-43-46-49-52-60-53-55(62-57(59)51-48-45-42-39-36-32-24-21-18-15-12-9-6-3)54-61-56(58)50-47-44-41-38-35-33-30-26-23-20-17-14-11-8-5-2/h7,10,16-17,19-20,25-27,29-31,55H,4-6,8-9,11-15,18,21-24,28,32-54H2,1-3H3/b10-7-,19-16-,20-17-,27-25-,30-26-,31-29-. The normalized spacial score (nSPS) is 12.8. The molecule has 0 saturated carbocycles.